The molecule has 0 aromatic heterocycles. The molecule has 36 heavy (non-hydrogen) atoms. The topological polar surface area (TPSA) is 75.7 Å². The second-order valence-electron chi connectivity index (χ2n) is 9.47. The van der Waals surface area contributed by atoms with Crippen molar-refractivity contribution in [3.05, 3.63) is 89.5 Å². The summed E-state index contributed by atoms with van der Waals surface area (Å²) in [4.78, 5) is 13.6. The van der Waals surface area contributed by atoms with E-state index in [0.29, 0.717) is 12.1 Å². The number of nitrogens with one attached hydrogen (secondary N) is 1. The second kappa shape index (κ2) is 10.3. The van der Waals surface area contributed by atoms with Gasteiger partial charge in [0.2, 0.25) is 5.91 Å². The highest BCUT2D eigenvalue weighted by Crippen LogP contribution is 2.42. The molecule has 1 heterocycles. The third kappa shape index (κ3) is 5.12. The van der Waals surface area contributed by atoms with Crippen LogP contribution in [0.1, 0.15) is 55.8 Å². The Hall–Kier alpha value is -3.32. The fourth-order valence-corrected chi connectivity index (χ4v) is 6.41. The van der Waals surface area contributed by atoms with Crippen molar-refractivity contribution in [3.63, 3.8) is 0 Å². The molecule has 0 radical (unpaired) electrons. The van der Waals surface area contributed by atoms with Gasteiger partial charge >= 0.3 is 0 Å². The van der Waals surface area contributed by atoms with Gasteiger partial charge in [-0.3, -0.25) is 9.10 Å². The fraction of sp³-hybridized carbons (Fsp3) is 0.345. The van der Waals surface area contributed by atoms with E-state index in [9.17, 15) is 13.2 Å². The molecule has 1 N–H and O–H groups in total. The molecule has 0 fully saturated rings. The van der Waals surface area contributed by atoms with Crippen LogP contribution in [0.2, 0.25) is 0 Å². The Morgan fingerprint density at radius 2 is 1.67 bits per heavy atom. The molecule has 0 aliphatic carbocycles. The molecular formula is C29H34N2O4S. The van der Waals surface area contributed by atoms with Crippen molar-refractivity contribution < 1.29 is 17.9 Å². The van der Waals surface area contributed by atoms with E-state index in [0.717, 1.165) is 35.3 Å². The SMILES string of the molecule is CCC1(CC)CC(NC(=O)CN(c2ccc(C)cc2C)S(=O)(=O)c2ccccc2)c2ccccc2O1. The Kier molecular flexibility index (Phi) is 7.41. The normalized spacial score (nSPS) is 16.5. The van der Waals surface area contributed by atoms with Crippen molar-refractivity contribution in [2.45, 2.75) is 63.5 Å². The molecule has 190 valence electrons. The standard InChI is InChI=1S/C29H34N2O4S/c1-5-29(6-2)19-25(24-14-10-11-15-27(24)35-29)30-28(32)20-31(26-17-16-21(3)18-22(26)4)36(33,34)23-12-8-7-9-13-23/h7-18,25H,5-6,19-20H2,1-4H3,(H,30,32). The van der Waals surface area contributed by atoms with E-state index in [1.54, 1.807) is 36.4 Å². The lowest BCUT2D eigenvalue weighted by molar-refractivity contribution is -0.121. The van der Waals surface area contributed by atoms with E-state index in [2.05, 4.69) is 19.2 Å². The summed E-state index contributed by atoms with van der Waals surface area (Å²) in [6.07, 6.45) is 2.24. The first kappa shape index (κ1) is 25.8. The molecule has 0 saturated carbocycles. The molecule has 1 aliphatic heterocycles. The number of ether oxygens (including phenoxy) is 1. The van der Waals surface area contributed by atoms with E-state index < -0.39 is 10.0 Å². The van der Waals surface area contributed by atoms with Crippen LogP contribution >= 0.6 is 0 Å². The number of carbonyl (C=O) groups is 1. The molecule has 0 saturated heterocycles. The van der Waals surface area contributed by atoms with E-state index >= 15 is 0 Å². The van der Waals surface area contributed by atoms with E-state index in [4.69, 9.17) is 4.74 Å². The van der Waals surface area contributed by atoms with Gasteiger partial charge in [-0.15, -0.1) is 0 Å². The minimum atomic E-state index is -3.97. The Morgan fingerprint density at radius 1 is 1.00 bits per heavy atom. The van der Waals surface area contributed by atoms with Gasteiger partial charge in [-0.25, -0.2) is 8.42 Å². The lowest BCUT2D eigenvalue weighted by Crippen LogP contribution is -2.47. The third-order valence-electron chi connectivity index (χ3n) is 7.06. The first-order chi connectivity index (χ1) is 17.2. The number of anilines is 1. The average Bonchev–Trinajstić information content (AvgIpc) is 2.88. The third-order valence-corrected chi connectivity index (χ3v) is 8.83. The minimum Gasteiger partial charge on any atom is -0.487 e. The first-order valence-corrected chi connectivity index (χ1v) is 13.9. The van der Waals surface area contributed by atoms with Gasteiger partial charge in [-0.2, -0.15) is 0 Å². The van der Waals surface area contributed by atoms with Crippen LogP contribution in [-0.2, 0) is 14.8 Å². The maximum absolute atomic E-state index is 13.7. The lowest BCUT2D eigenvalue weighted by atomic mass is 9.83. The molecule has 3 aromatic carbocycles. The van der Waals surface area contributed by atoms with Gasteiger partial charge in [-0.05, 0) is 56.5 Å². The quantitative estimate of drug-likeness (QED) is 0.425. The summed E-state index contributed by atoms with van der Waals surface area (Å²) in [5.41, 5.74) is 2.83. The predicted octanol–water partition coefficient (Wildman–Crippen LogP) is 5.70. The molecule has 4 rings (SSSR count). The lowest BCUT2D eigenvalue weighted by Gasteiger charge is -2.41. The van der Waals surface area contributed by atoms with Crippen molar-refractivity contribution in [3.8, 4) is 5.75 Å². The van der Waals surface area contributed by atoms with Gasteiger partial charge in [0.05, 0.1) is 16.6 Å². The van der Waals surface area contributed by atoms with Gasteiger partial charge in [0.15, 0.2) is 0 Å². The number of hydrogen-bond acceptors (Lipinski definition) is 4. The maximum atomic E-state index is 13.7. The number of sulfonamides is 1. The summed E-state index contributed by atoms with van der Waals surface area (Å²) in [6.45, 7) is 7.66. The highest BCUT2D eigenvalue weighted by atomic mass is 32.2. The van der Waals surface area contributed by atoms with Crippen molar-refractivity contribution >= 4 is 21.6 Å². The molecular weight excluding hydrogens is 472 g/mol. The van der Waals surface area contributed by atoms with Crippen molar-refractivity contribution in [1.29, 1.82) is 0 Å². The smallest absolute Gasteiger partial charge is 0.264 e. The number of benzene rings is 3. The van der Waals surface area contributed by atoms with E-state index in [-0.39, 0.29) is 29.0 Å². The van der Waals surface area contributed by atoms with Crippen LogP contribution in [0.4, 0.5) is 5.69 Å². The van der Waals surface area contributed by atoms with Crippen LogP contribution in [0.3, 0.4) is 0 Å². The summed E-state index contributed by atoms with van der Waals surface area (Å²) in [5.74, 6) is 0.401. The summed E-state index contributed by atoms with van der Waals surface area (Å²) >= 11 is 0. The molecule has 1 amide bonds. The zero-order valence-corrected chi connectivity index (χ0v) is 22.1. The zero-order valence-electron chi connectivity index (χ0n) is 21.3. The summed E-state index contributed by atoms with van der Waals surface area (Å²) in [7, 11) is -3.97. The number of carbonyl (C=O) groups excluding carboxylic acids is 1. The van der Waals surface area contributed by atoms with Crippen molar-refractivity contribution in [1.82, 2.24) is 5.32 Å². The van der Waals surface area contributed by atoms with Gasteiger partial charge in [-0.1, -0.05) is 67.9 Å². The molecule has 0 spiro atoms. The molecule has 7 heteroatoms. The number of para-hydroxylation sites is 1. The Balaban J connectivity index is 1.67. The highest BCUT2D eigenvalue weighted by molar-refractivity contribution is 7.92. The maximum Gasteiger partial charge on any atom is 0.264 e. The number of fused-ring (bicyclic) bond motifs is 1. The zero-order chi connectivity index (χ0) is 25.9. The van der Waals surface area contributed by atoms with Crippen LogP contribution in [-0.4, -0.2) is 26.5 Å². The van der Waals surface area contributed by atoms with E-state index in [1.807, 2.05) is 50.2 Å². The van der Waals surface area contributed by atoms with Crippen LogP contribution in [0.5, 0.6) is 5.75 Å². The van der Waals surface area contributed by atoms with Crippen LogP contribution in [0, 0.1) is 13.8 Å². The van der Waals surface area contributed by atoms with Gasteiger partial charge < -0.3 is 10.1 Å². The van der Waals surface area contributed by atoms with Crippen LogP contribution in [0.15, 0.2) is 77.7 Å². The molecule has 0 bridgehead atoms. The van der Waals surface area contributed by atoms with Crippen molar-refractivity contribution in [2.24, 2.45) is 0 Å². The number of aryl methyl sites for hydroxylation is 2. The molecule has 1 atom stereocenters. The van der Waals surface area contributed by atoms with Gasteiger partial charge in [0.1, 0.15) is 17.9 Å². The summed E-state index contributed by atoms with van der Waals surface area (Å²) in [6, 6.07) is 21.2. The fourth-order valence-electron chi connectivity index (χ4n) is 4.90. The largest absolute Gasteiger partial charge is 0.487 e. The first-order valence-electron chi connectivity index (χ1n) is 12.4. The summed E-state index contributed by atoms with van der Waals surface area (Å²) < 4.78 is 35.0. The number of rotatable bonds is 8. The highest BCUT2D eigenvalue weighted by Gasteiger charge is 2.39. The summed E-state index contributed by atoms with van der Waals surface area (Å²) in [5, 5.41) is 3.13. The molecule has 1 unspecified atom stereocenters. The van der Waals surface area contributed by atoms with E-state index in [1.165, 1.54) is 4.31 Å². The Bertz CT molecular complexity index is 1330. The second-order valence-corrected chi connectivity index (χ2v) is 11.3. The van der Waals surface area contributed by atoms with Crippen molar-refractivity contribution in [2.75, 3.05) is 10.8 Å². The minimum absolute atomic E-state index is 0.144. The number of amides is 1. The molecule has 3 aromatic rings. The number of hydrogen-bond donors (Lipinski definition) is 1. The predicted molar refractivity (Wildman–Crippen MR) is 143 cm³/mol. The average molecular weight is 507 g/mol. The Labute approximate surface area is 214 Å². The van der Waals surface area contributed by atoms with Gasteiger partial charge in [0, 0.05) is 12.0 Å². The van der Waals surface area contributed by atoms with Crippen LogP contribution < -0.4 is 14.4 Å². The number of nitrogens with zero attached hydrogens (tertiary/aromatic N) is 1. The van der Waals surface area contributed by atoms with Crippen LogP contribution in [0.25, 0.3) is 0 Å². The Morgan fingerprint density at radius 3 is 2.33 bits per heavy atom. The molecule has 1 aliphatic rings. The van der Waals surface area contributed by atoms with Gasteiger partial charge in [0.25, 0.3) is 10.0 Å². The monoisotopic (exact) mass is 506 g/mol. The molecule has 6 nitrogen and oxygen atoms in total.